The largest absolute Gasteiger partial charge is 0.384 e. The number of nitrogens with one attached hydrogen (secondary N) is 2. The number of hydrogen-bond donors (Lipinski definition) is 2. The maximum atomic E-state index is 13.2. The molecule has 0 bridgehead atoms. The molecule has 0 spiro atoms. The van der Waals surface area contributed by atoms with Crippen molar-refractivity contribution in [2.24, 2.45) is 0 Å². The van der Waals surface area contributed by atoms with Gasteiger partial charge in [-0.1, -0.05) is 41.9 Å². The molecule has 1 heterocycles. The molecule has 7 heteroatoms. The van der Waals surface area contributed by atoms with Gasteiger partial charge >= 0.3 is 6.03 Å². The van der Waals surface area contributed by atoms with Crippen LogP contribution >= 0.6 is 11.6 Å². The number of nitrogens with zero attached hydrogens (tertiary/aromatic N) is 3. The van der Waals surface area contributed by atoms with E-state index in [1.54, 1.807) is 6.20 Å². The van der Waals surface area contributed by atoms with E-state index in [-0.39, 0.29) is 6.03 Å². The SMILES string of the molecule is CN(C)C[C]1[CH][CH][CH][C]1CN(CCCNc1ccnc2cc(Cl)ccc12)C(=O)NCc1ccccc1. The molecular weight excluding hydrogens is 470 g/mol. The molecule has 1 aliphatic rings. The molecule has 3 aromatic rings. The summed E-state index contributed by atoms with van der Waals surface area (Å²) in [6.45, 7) is 3.30. The van der Waals surface area contributed by atoms with E-state index in [2.05, 4.69) is 53.9 Å². The van der Waals surface area contributed by atoms with Crippen molar-refractivity contribution < 1.29 is 4.79 Å². The van der Waals surface area contributed by atoms with Crippen molar-refractivity contribution in [2.45, 2.75) is 13.0 Å². The van der Waals surface area contributed by atoms with Gasteiger partial charge in [0, 0.05) is 66.9 Å². The zero-order valence-corrected chi connectivity index (χ0v) is 21.6. The monoisotopic (exact) mass is 502 g/mol. The summed E-state index contributed by atoms with van der Waals surface area (Å²) in [6, 6.07) is 17.6. The van der Waals surface area contributed by atoms with Crippen LogP contribution < -0.4 is 10.6 Å². The number of benzene rings is 2. The van der Waals surface area contributed by atoms with Crippen LogP contribution in [0.25, 0.3) is 10.9 Å². The predicted molar refractivity (Wildman–Crippen MR) is 148 cm³/mol. The summed E-state index contributed by atoms with van der Waals surface area (Å²) in [4.78, 5) is 21.7. The van der Waals surface area contributed by atoms with E-state index in [0.29, 0.717) is 24.7 Å². The molecule has 1 aromatic heterocycles. The molecule has 2 amide bonds. The van der Waals surface area contributed by atoms with Crippen LogP contribution in [0.2, 0.25) is 5.02 Å². The van der Waals surface area contributed by atoms with Crippen LogP contribution in [0.15, 0.2) is 60.8 Å². The molecule has 5 radical (unpaired) electrons. The fourth-order valence-electron chi connectivity index (χ4n) is 4.26. The third-order valence-electron chi connectivity index (χ3n) is 6.05. The average molecular weight is 503 g/mol. The zero-order valence-electron chi connectivity index (χ0n) is 20.9. The minimum Gasteiger partial charge on any atom is -0.384 e. The summed E-state index contributed by atoms with van der Waals surface area (Å²) >= 11 is 6.12. The highest BCUT2D eigenvalue weighted by Gasteiger charge is 2.32. The molecule has 2 N–H and O–H groups in total. The quantitative estimate of drug-likeness (QED) is 0.352. The summed E-state index contributed by atoms with van der Waals surface area (Å²) in [6.07, 6.45) is 8.91. The molecule has 1 saturated carbocycles. The Morgan fingerprint density at radius 2 is 1.78 bits per heavy atom. The van der Waals surface area contributed by atoms with Crippen LogP contribution in [0.4, 0.5) is 10.5 Å². The van der Waals surface area contributed by atoms with Gasteiger partial charge in [-0.15, -0.1) is 0 Å². The number of urea groups is 1. The fourth-order valence-corrected chi connectivity index (χ4v) is 4.42. The number of anilines is 1. The molecule has 187 valence electrons. The molecule has 6 nitrogen and oxygen atoms in total. The van der Waals surface area contributed by atoms with Crippen molar-refractivity contribution in [1.29, 1.82) is 0 Å². The van der Waals surface area contributed by atoms with Gasteiger partial charge in [0.05, 0.1) is 5.52 Å². The number of hydrogen-bond acceptors (Lipinski definition) is 4. The van der Waals surface area contributed by atoms with E-state index in [1.807, 2.05) is 59.5 Å². The number of halogens is 1. The Balaban J connectivity index is 1.36. The van der Waals surface area contributed by atoms with Crippen LogP contribution in [0.3, 0.4) is 0 Å². The van der Waals surface area contributed by atoms with E-state index in [9.17, 15) is 4.79 Å². The molecule has 0 aliphatic heterocycles. The highest BCUT2D eigenvalue weighted by Crippen LogP contribution is 2.34. The highest BCUT2D eigenvalue weighted by atomic mass is 35.5. The first-order valence-corrected chi connectivity index (χ1v) is 12.6. The Morgan fingerprint density at radius 3 is 2.56 bits per heavy atom. The third kappa shape index (κ3) is 7.34. The van der Waals surface area contributed by atoms with Crippen LogP contribution in [0, 0.1) is 31.1 Å². The summed E-state index contributed by atoms with van der Waals surface area (Å²) in [5.41, 5.74) is 2.96. The van der Waals surface area contributed by atoms with E-state index in [1.165, 1.54) is 11.8 Å². The van der Waals surface area contributed by atoms with Crippen LogP contribution in [-0.2, 0) is 6.54 Å². The Hall–Kier alpha value is -2.83. The predicted octanol–water partition coefficient (Wildman–Crippen LogP) is 5.24. The van der Waals surface area contributed by atoms with Crippen molar-refractivity contribution in [3.63, 3.8) is 0 Å². The normalized spacial score (nSPS) is 14.4. The second-order valence-corrected chi connectivity index (χ2v) is 9.62. The van der Waals surface area contributed by atoms with Crippen LogP contribution in [-0.4, -0.2) is 61.1 Å². The molecule has 0 atom stereocenters. The van der Waals surface area contributed by atoms with E-state index in [4.69, 9.17) is 11.6 Å². The van der Waals surface area contributed by atoms with Gasteiger partial charge in [-0.25, -0.2) is 4.79 Å². The van der Waals surface area contributed by atoms with E-state index < -0.39 is 0 Å². The van der Waals surface area contributed by atoms with Gasteiger partial charge in [0.2, 0.25) is 0 Å². The number of carbonyl (C=O) groups is 1. The third-order valence-corrected chi connectivity index (χ3v) is 6.29. The van der Waals surface area contributed by atoms with Crippen LogP contribution in [0.5, 0.6) is 0 Å². The average Bonchev–Trinajstić information content (AvgIpc) is 3.30. The van der Waals surface area contributed by atoms with Crippen molar-refractivity contribution in [1.82, 2.24) is 20.1 Å². The Labute approximate surface area is 220 Å². The maximum absolute atomic E-state index is 13.2. The second kappa shape index (κ2) is 12.9. The number of fused-ring (bicyclic) bond motifs is 1. The van der Waals surface area contributed by atoms with E-state index >= 15 is 0 Å². The second-order valence-electron chi connectivity index (χ2n) is 9.18. The first-order chi connectivity index (χ1) is 17.5. The van der Waals surface area contributed by atoms with Crippen molar-refractivity contribution in [2.75, 3.05) is 45.6 Å². The van der Waals surface area contributed by atoms with Gasteiger partial charge in [-0.05, 0) is 69.6 Å². The Bertz CT molecular complexity index is 1120. The molecule has 4 rings (SSSR count). The van der Waals surface area contributed by atoms with Gasteiger partial charge in [-0.3, -0.25) is 4.98 Å². The van der Waals surface area contributed by atoms with Gasteiger partial charge in [0.1, 0.15) is 0 Å². The number of rotatable bonds is 11. The summed E-state index contributed by atoms with van der Waals surface area (Å²) in [7, 11) is 4.12. The number of amides is 2. The number of aromatic nitrogens is 1. The molecule has 0 saturated heterocycles. The molecule has 36 heavy (non-hydrogen) atoms. The van der Waals surface area contributed by atoms with Crippen molar-refractivity contribution in [3.05, 3.63) is 102 Å². The smallest absolute Gasteiger partial charge is 0.317 e. The minimum atomic E-state index is -0.0557. The molecule has 2 aromatic carbocycles. The Morgan fingerprint density at radius 1 is 1.00 bits per heavy atom. The summed E-state index contributed by atoms with van der Waals surface area (Å²) in [5.74, 6) is 2.43. The molecule has 1 aliphatic carbocycles. The molecule has 1 fully saturated rings. The number of pyridine rings is 1. The van der Waals surface area contributed by atoms with Gasteiger partial charge in [-0.2, -0.15) is 0 Å². The summed E-state index contributed by atoms with van der Waals surface area (Å²) < 4.78 is 0. The fraction of sp³-hybridized carbons (Fsp3) is 0.276. The van der Waals surface area contributed by atoms with Gasteiger partial charge in [0.25, 0.3) is 0 Å². The van der Waals surface area contributed by atoms with Crippen LogP contribution in [0.1, 0.15) is 12.0 Å². The topological polar surface area (TPSA) is 60.5 Å². The van der Waals surface area contributed by atoms with Crippen molar-refractivity contribution in [3.8, 4) is 0 Å². The first-order valence-electron chi connectivity index (χ1n) is 12.2. The van der Waals surface area contributed by atoms with E-state index in [0.717, 1.165) is 41.7 Å². The number of carbonyl (C=O) groups excluding carboxylic acids is 1. The standard InChI is InChI=1S/C29H33ClN5O/c1-34(2)20-23-10-6-11-24(23)21-35(29(36)33-19-22-8-4-3-5-9-22)17-7-15-31-27-14-16-32-28-18-25(30)12-13-26(27)28/h3-6,8-14,16,18H,7,15,17,19-21H2,1-2H3,(H,31,32)(H,33,36). The lowest BCUT2D eigenvalue weighted by Gasteiger charge is -2.29. The van der Waals surface area contributed by atoms with Gasteiger partial charge < -0.3 is 20.4 Å². The molecular formula is C29H33ClN5O. The first kappa shape index (κ1) is 26.2. The minimum absolute atomic E-state index is 0.0557. The highest BCUT2D eigenvalue weighted by molar-refractivity contribution is 6.31. The molecule has 0 unspecified atom stereocenters. The Kier molecular flexibility index (Phi) is 9.42. The lowest BCUT2D eigenvalue weighted by atomic mass is 9.95. The lowest BCUT2D eigenvalue weighted by Crippen LogP contribution is -2.43. The van der Waals surface area contributed by atoms with Gasteiger partial charge in [0.15, 0.2) is 0 Å². The summed E-state index contributed by atoms with van der Waals surface area (Å²) in [5, 5.41) is 8.31. The zero-order chi connectivity index (χ0) is 25.3. The lowest BCUT2D eigenvalue weighted by molar-refractivity contribution is 0.199. The maximum Gasteiger partial charge on any atom is 0.317 e. The van der Waals surface area contributed by atoms with Crippen molar-refractivity contribution >= 4 is 34.2 Å².